The second kappa shape index (κ2) is 7.13. The first-order valence-electron chi connectivity index (χ1n) is 8.52. The van der Waals surface area contributed by atoms with Gasteiger partial charge in [-0.2, -0.15) is 0 Å². The SMILES string of the molecule is Cc1nc(-n2cccc2)sc1C(=O)N1CCN(c2cccc(Cl)c2)CC1. The fourth-order valence-corrected chi connectivity index (χ4v) is 4.32. The van der Waals surface area contributed by atoms with Crippen LogP contribution in [0.4, 0.5) is 5.69 Å². The molecule has 0 radical (unpaired) electrons. The topological polar surface area (TPSA) is 41.4 Å². The molecule has 0 bridgehead atoms. The van der Waals surface area contributed by atoms with Gasteiger partial charge in [0.05, 0.1) is 5.69 Å². The molecular formula is C19H19ClN4OS. The normalized spacial score (nSPS) is 14.7. The second-order valence-electron chi connectivity index (χ2n) is 6.26. The van der Waals surface area contributed by atoms with Crippen molar-refractivity contribution in [3.8, 4) is 5.13 Å². The highest BCUT2D eigenvalue weighted by Crippen LogP contribution is 2.25. The fraction of sp³-hybridized carbons (Fsp3) is 0.263. The Labute approximate surface area is 161 Å². The Morgan fingerprint density at radius 1 is 1.12 bits per heavy atom. The Bertz CT molecular complexity index is 914. The number of amides is 1. The quantitative estimate of drug-likeness (QED) is 0.686. The maximum absolute atomic E-state index is 12.9. The number of piperazine rings is 1. The Hall–Kier alpha value is -2.31. The van der Waals surface area contributed by atoms with Gasteiger partial charge >= 0.3 is 0 Å². The van der Waals surface area contributed by atoms with Gasteiger partial charge in [0, 0.05) is 49.3 Å². The fourth-order valence-electron chi connectivity index (χ4n) is 3.14. The first kappa shape index (κ1) is 17.1. The van der Waals surface area contributed by atoms with Gasteiger partial charge in [0.25, 0.3) is 5.91 Å². The van der Waals surface area contributed by atoms with Crippen LogP contribution < -0.4 is 4.90 Å². The van der Waals surface area contributed by atoms with Crippen molar-refractivity contribution in [2.75, 3.05) is 31.1 Å². The minimum absolute atomic E-state index is 0.0733. The number of nitrogens with zero attached hydrogens (tertiary/aromatic N) is 4. The molecule has 0 aliphatic carbocycles. The van der Waals surface area contributed by atoms with E-state index in [1.54, 1.807) is 0 Å². The summed E-state index contributed by atoms with van der Waals surface area (Å²) in [5.74, 6) is 0.0733. The van der Waals surface area contributed by atoms with E-state index in [9.17, 15) is 4.79 Å². The van der Waals surface area contributed by atoms with Gasteiger partial charge in [-0.25, -0.2) is 4.98 Å². The van der Waals surface area contributed by atoms with Crippen LogP contribution in [0, 0.1) is 6.92 Å². The molecule has 1 amide bonds. The summed E-state index contributed by atoms with van der Waals surface area (Å²) in [6.07, 6.45) is 3.88. The summed E-state index contributed by atoms with van der Waals surface area (Å²) in [6, 6.07) is 11.8. The molecular weight excluding hydrogens is 368 g/mol. The molecule has 0 unspecified atom stereocenters. The summed E-state index contributed by atoms with van der Waals surface area (Å²) in [5.41, 5.74) is 1.90. The highest BCUT2D eigenvalue weighted by Gasteiger charge is 2.25. The van der Waals surface area contributed by atoms with Crippen molar-refractivity contribution in [3.05, 3.63) is 64.4 Å². The third-order valence-corrected chi connectivity index (χ3v) is 5.94. The molecule has 4 rings (SSSR count). The average molecular weight is 387 g/mol. The predicted molar refractivity (Wildman–Crippen MR) is 106 cm³/mol. The van der Waals surface area contributed by atoms with E-state index in [1.807, 2.05) is 59.1 Å². The number of benzene rings is 1. The van der Waals surface area contributed by atoms with E-state index < -0.39 is 0 Å². The minimum atomic E-state index is 0.0733. The van der Waals surface area contributed by atoms with Crippen molar-refractivity contribution in [1.29, 1.82) is 0 Å². The van der Waals surface area contributed by atoms with Crippen molar-refractivity contribution in [2.24, 2.45) is 0 Å². The van der Waals surface area contributed by atoms with Crippen LogP contribution in [0.15, 0.2) is 48.8 Å². The summed E-state index contributed by atoms with van der Waals surface area (Å²) >= 11 is 7.53. The molecule has 0 N–H and O–H groups in total. The molecule has 1 fully saturated rings. The van der Waals surface area contributed by atoms with E-state index in [0.29, 0.717) is 13.1 Å². The van der Waals surface area contributed by atoms with E-state index in [-0.39, 0.29) is 5.91 Å². The average Bonchev–Trinajstić information content (AvgIpc) is 3.31. The molecule has 0 spiro atoms. The van der Waals surface area contributed by atoms with Crippen molar-refractivity contribution in [2.45, 2.75) is 6.92 Å². The lowest BCUT2D eigenvalue weighted by molar-refractivity contribution is 0.0750. The smallest absolute Gasteiger partial charge is 0.266 e. The molecule has 0 atom stereocenters. The van der Waals surface area contributed by atoms with Crippen LogP contribution in [-0.4, -0.2) is 46.5 Å². The number of aromatic nitrogens is 2. The van der Waals surface area contributed by atoms with Crippen molar-refractivity contribution in [3.63, 3.8) is 0 Å². The maximum Gasteiger partial charge on any atom is 0.266 e. The molecule has 0 saturated carbocycles. The lowest BCUT2D eigenvalue weighted by atomic mass is 10.2. The Morgan fingerprint density at radius 3 is 2.54 bits per heavy atom. The predicted octanol–water partition coefficient (Wildman–Crippen LogP) is 3.86. The zero-order valence-corrected chi connectivity index (χ0v) is 16.0. The number of halogens is 1. The number of hydrogen-bond donors (Lipinski definition) is 0. The molecule has 134 valence electrons. The van der Waals surface area contributed by atoms with Gasteiger partial charge in [-0.05, 0) is 37.3 Å². The van der Waals surface area contributed by atoms with Gasteiger partial charge in [0.2, 0.25) is 0 Å². The summed E-state index contributed by atoms with van der Waals surface area (Å²) in [5, 5.41) is 1.56. The number of carbonyl (C=O) groups excluding carboxylic acids is 1. The van der Waals surface area contributed by atoms with Crippen LogP contribution in [0.25, 0.3) is 5.13 Å². The monoisotopic (exact) mass is 386 g/mol. The van der Waals surface area contributed by atoms with E-state index in [4.69, 9.17) is 11.6 Å². The van der Waals surface area contributed by atoms with Crippen LogP contribution in [0.2, 0.25) is 5.02 Å². The molecule has 1 aliphatic rings. The highest BCUT2D eigenvalue weighted by molar-refractivity contribution is 7.16. The number of hydrogen-bond acceptors (Lipinski definition) is 4. The molecule has 7 heteroatoms. The van der Waals surface area contributed by atoms with Gasteiger partial charge in [-0.1, -0.05) is 29.0 Å². The van der Waals surface area contributed by atoms with Crippen LogP contribution in [0.3, 0.4) is 0 Å². The van der Waals surface area contributed by atoms with Gasteiger partial charge in [0.15, 0.2) is 5.13 Å². The number of rotatable bonds is 3. The van der Waals surface area contributed by atoms with E-state index in [2.05, 4.69) is 16.0 Å². The summed E-state index contributed by atoms with van der Waals surface area (Å²) < 4.78 is 1.94. The van der Waals surface area contributed by atoms with Crippen LogP contribution in [0.1, 0.15) is 15.4 Å². The van der Waals surface area contributed by atoms with Crippen LogP contribution in [0.5, 0.6) is 0 Å². The molecule has 5 nitrogen and oxygen atoms in total. The summed E-state index contributed by atoms with van der Waals surface area (Å²) in [6.45, 7) is 4.89. The molecule has 26 heavy (non-hydrogen) atoms. The Morgan fingerprint density at radius 2 is 1.85 bits per heavy atom. The minimum Gasteiger partial charge on any atom is -0.368 e. The van der Waals surface area contributed by atoms with Crippen LogP contribution >= 0.6 is 22.9 Å². The first-order valence-corrected chi connectivity index (χ1v) is 9.72. The molecule has 1 aromatic carbocycles. The molecule has 1 aliphatic heterocycles. The molecule has 1 saturated heterocycles. The lowest BCUT2D eigenvalue weighted by Gasteiger charge is -2.36. The van der Waals surface area contributed by atoms with Crippen molar-refractivity contribution < 1.29 is 4.79 Å². The molecule has 2 aromatic heterocycles. The summed E-state index contributed by atoms with van der Waals surface area (Å²) in [4.78, 5) is 22.4. The van der Waals surface area contributed by atoms with Gasteiger partial charge < -0.3 is 14.4 Å². The largest absolute Gasteiger partial charge is 0.368 e. The number of aryl methyl sites for hydroxylation is 1. The maximum atomic E-state index is 12.9. The van der Waals surface area contributed by atoms with E-state index in [1.165, 1.54) is 11.3 Å². The first-order chi connectivity index (χ1) is 12.6. The number of thiazole rings is 1. The van der Waals surface area contributed by atoms with Crippen molar-refractivity contribution in [1.82, 2.24) is 14.5 Å². The second-order valence-corrected chi connectivity index (χ2v) is 7.67. The van der Waals surface area contributed by atoms with E-state index >= 15 is 0 Å². The molecule has 3 heterocycles. The zero-order chi connectivity index (χ0) is 18.1. The van der Waals surface area contributed by atoms with Crippen LogP contribution in [-0.2, 0) is 0 Å². The zero-order valence-electron chi connectivity index (χ0n) is 14.4. The van der Waals surface area contributed by atoms with Gasteiger partial charge in [-0.3, -0.25) is 4.79 Å². The molecule has 3 aromatic rings. The third kappa shape index (κ3) is 3.34. The number of anilines is 1. The highest BCUT2D eigenvalue weighted by atomic mass is 35.5. The Balaban J connectivity index is 1.45. The van der Waals surface area contributed by atoms with E-state index in [0.717, 1.165) is 39.5 Å². The third-order valence-electron chi connectivity index (χ3n) is 4.55. The van der Waals surface area contributed by atoms with Crippen molar-refractivity contribution >= 4 is 34.5 Å². The lowest BCUT2D eigenvalue weighted by Crippen LogP contribution is -2.48. The van der Waals surface area contributed by atoms with Gasteiger partial charge in [0.1, 0.15) is 4.88 Å². The Kier molecular flexibility index (Phi) is 4.70. The number of carbonyl (C=O) groups is 1. The summed E-state index contributed by atoms with van der Waals surface area (Å²) in [7, 11) is 0. The standard InChI is InChI=1S/C19H19ClN4OS/c1-14-17(26-19(21-14)24-7-2-3-8-24)18(25)23-11-9-22(10-12-23)16-6-4-5-15(20)13-16/h2-8,13H,9-12H2,1H3. The van der Waals surface area contributed by atoms with Gasteiger partial charge in [-0.15, -0.1) is 0 Å².